The molecule has 6 nitrogen and oxygen atoms in total. The molecule has 0 fully saturated rings. The Morgan fingerprint density at radius 2 is 1.96 bits per heavy atom. The van der Waals surface area contributed by atoms with E-state index in [4.69, 9.17) is 9.47 Å². The summed E-state index contributed by atoms with van der Waals surface area (Å²) in [5.74, 6) is -0.498. The summed E-state index contributed by atoms with van der Waals surface area (Å²) in [7, 11) is 1.32. The Bertz CT molecular complexity index is 1030. The van der Waals surface area contributed by atoms with Gasteiger partial charge in [0.05, 0.1) is 19.3 Å². The number of esters is 1. The predicted molar refractivity (Wildman–Crippen MR) is 114 cm³/mol. The second-order valence-corrected chi connectivity index (χ2v) is 9.27. The van der Waals surface area contributed by atoms with Gasteiger partial charge in [-0.1, -0.05) is 22.0 Å². The highest BCUT2D eigenvalue weighted by Crippen LogP contribution is 2.30. The van der Waals surface area contributed by atoms with E-state index in [0.717, 1.165) is 20.3 Å². The highest BCUT2D eigenvalue weighted by molar-refractivity contribution is 9.10. The number of nitrogens with zero attached hydrogens (tertiary/aromatic N) is 1. The standard InChI is InChI=1S/C20H21BrN2O4S/c1-20(2,3)27-19(25)22-15-10-14(28-17(15)18(24)26-4)11-23-8-7-12-5-6-13(21)9-16(12)23/h5-10H,11H2,1-4H3,(H,22,25). The fraction of sp³-hybridized carbons (Fsp3) is 0.300. The second kappa shape index (κ2) is 7.97. The van der Waals surface area contributed by atoms with Crippen molar-refractivity contribution in [2.24, 2.45) is 0 Å². The molecule has 1 amide bonds. The van der Waals surface area contributed by atoms with E-state index in [2.05, 4.69) is 25.8 Å². The molecule has 0 aliphatic carbocycles. The number of benzene rings is 1. The van der Waals surface area contributed by atoms with Crippen molar-refractivity contribution in [1.82, 2.24) is 4.57 Å². The number of aromatic nitrogens is 1. The molecule has 0 unspecified atom stereocenters. The lowest BCUT2D eigenvalue weighted by molar-refractivity contribution is 0.0607. The first-order valence-corrected chi connectivity index (χ1v) is 10.2. The molecule has 1 N–H and O–H groups in total. The van der Waals surface area contributed by atoms with Gasteiger partial charge in [0.15, 0.2) is 0 Å². The maximum Gasteiger partial charge on any atom is 0.412 e. The van der Waals surface area contributed by atoms with Gasteiger partial charge in [-0.2, -0.15) is 0 Å². The van der Waals surface area contributed by atoms with Crippen LogP contribution in [-0.4, -0.2) is 29.3 Å². The maximum absolute atomic E-state index is 12.2. The molecule has 2 heterocycles. The number of amides is 1. The molecule has 0 aliphatic rings. The van der Waals surface area contributed by atoms with E-state index in [1.54, 1.807) is 26.8 Å². The van der Waals surface area contributed by atoms with Gasteiger partial charge in [-0.15, -0.1) is 11.3 Å². The van der Waals surface area contributed by atoms with E-state index in [1.807, 2.05) is 30.5 Å². The number of nitrogens with one attached hydrogen (secondary N) is 1. The number of thiophene rings is 1. The number of rotatable bonds is 4. The van der Waals surface area contributed by atoms with E-state index < -0.39 is 17.7 Å². The van der Waals surface area contributed by atoms with E-state index >= 15 is 0 Å². The minimum atomic E-state index is -0.633. The molecule has 8 heteroatoms. The van der Waals surface area contributed by atoms with Crippen LogP contribution in [0.25, 0.3) is 10.9 Å². The molecule has 0 atom stereocenters. The van der Waals surface area contributed by atoms with Gasteiger partial charge in [-0.25, -0.2) is 9.59 Å². The van der Waals surface area contributed by atoms with Crippen molar-refractivity contribution in [1.29, 1.82) is 0 Å². The molecular weight excluding hydrogens is 444 g/mol. The number of fused-ring (bicyclic) bond motifs is 1. The molecule has 0 saturated carbocycles. The van der Waals surface area contributed by atoms with Crippen LogP contribution in [0.5, 0.6) is 0 Å². The second-order valence-electron chi connectivity index (χ2n) is 7.22. The summed E-state index contributed by atoms with van der Waals surface area (Å²) in [6, 6.07) is 9.90. The van der Waals surface area contributed by atoms with Crippen molar-refractivity contribution in [2.45, 2.75) is 32.9 Å². The lowest BCUT2D eigenvalue weighted by Crippen LogP contribution is -2.27. The molecule has 3 aromatic rings. The van der Waals surface area contributed by atoms with Crippen molar-refractivity contribution in [3.8, 4) is 0 Å². The summed E-state index contributed by atoms with van der Waals surface area (Å²) in [6.45, 7) is 5.90. The Kier molecular flexibility index (Phi) is 5.81. The van der Waals surface area contributed by atoms with Crippen molar-refractivity contribution >= 4 is 55.9 Å². The zero-order valence-corrected chi connectivity index (χ0v) is 18.4. The van der Waals surface area contributed by atoms with E-state index in [0.29, 0.717) is 17.1 Å². The largest absolute Gasteiger partial charge is 0.465 e. The number of carbonyl (C=O) groups is 2. The molecule has 0 bridgehead atoms. The third-order valence-electron chi connectivity index (χ3n) is 3.85. The van der Waals surface area contributed by atoms with Crippen LogP contribution >= 0.6 is 27.3 Å². The van der Waals surface area contributed by atoms with Crippen LogP contribution in [0.3, 0.4) is 0 Å². The average Bonchev–Trinajstić information content (AvgIpc) is 3.17. The monoisotopic (exact) mass is 464 g/mol. The number of hydrogen-bond donors (Lipinski definition) is 1. The van der Waals surface area contributed by atoms with Crippen LogP contribution in [0, 0.1) is 0 Å². The minimum Gasteiger partial charge on any atom is -0.465 e. The Morgan fingerprint density at radius 1 is 1.21 bits per heavy atom. The third kappa shape index (κ3) is 4.74. The molecule has 0 aliphatic heterocycles. The number of hydrogen-bond acceptors (Lipinski definition) is 5. The normalized spacial score (nSPS) is 11.5. The van der Waals surface area contributed by atoms with Crippen molar-refractivity contribution in [3.63, 3.8) is 0 Å². The first kappa shape index (κ1) is 20.4. The molecule has 0 radical (unpaired) electrons. The van der Waals surface area contributed by atoms with Crippen molar-refractivity contribution in [3.05, 3.63) is 50.8 Å². The molecule has 2 aromatic heterocycles. The smallest absolute Gasteiger partial charge is 0.412 e. The third-order valence-corrected chi connectivity index (χ3v) is 5.44. The highest BCUT2D eigenvalue weighted by Gasteiger charge is 2.22. The summed E-state index contributed by atoms with van der Waals surface area (Å²) in [5, 5.41) is 3.79. The van der Waals surface area contributed by atoms with Gasteiger partial charge in [-0.3, -0.25) is 5.32 Å². The Balaban J connectivity index is 1.89. The molecule has 28 heavy (non-hydrogen) atoms. The van der Waals surface area contributed by atoms with Gasteiger partial charge in [0, 0.05) is 21.1 Å². The first-order valence-electron chi connectivity index (χ1n) is 8.62. The fourth-order valence-corrected chi connectivity index (χ4v) is 4.11. The fourth-order valence-electron chi connectivity index (χ4n) is 2.73. The number of anilines is 1. The van der Waals surface area contributed by atoms with Gasteiger partial charge in [0.2, 0.25) is 0 Å². The SMILES string of the molecule is COC(=O)c1sc(Cn2ccc3ccc(Br)cc32)cc1NC(=O)OC(C)(C)C. The van der Waals surface area contributed by atoms with Gasteiger partial charge in [-0.05, 0) is 50.4 Å². The van der Waals surface area contributed by atoms with Crippen LogP contribution in [-0.2, 0) is 16.0 Å². The number of carbonyl (C=O) groups excluding carboxylic acids is 2. The topological polar surface area (TPSA) is 69.6 Å². The van der Waals surface area contributed by atoms with Gasteiger partial charge >= 0.3 is 12.1 Å². The van der Waals surface area contributed by atoms with E-state index in [1.165, 1.54) is 18.4 Å². The van der Waals surface area contributed by atoms with E-state index in [-0.39, 0.29) is 0 Å². The minimum absolute atomic E-state index is 0.334. The highest BCUT2D eigenvalue weighted by atomic mass is 79.9. The van der Waals surface area contributed by atoms with Gasteiger partial charge in [0.25, 0.3) is 0 Å². The van der Waals surface area contributed by atoms with Crippen LogP contribution in [0.2, 0.25) is 0 Å². The van der Waals surface area contributed by atoms with Crippen molar-refractivity contribution < 1.29 is 19.1 Å². The van der Waals surface area contributed by atoms with Crippen LogP contribution in [0.1, 0.15) is 35.3 Å². The Labute approximate surface area is 175 Å². The molecule has 0 spiro atoms. The number of methoxy groups -OCH3 is 1. The van der Waals surface area contributed by atoms with Crippen molar-refractivity contribution in [2.75, 3.05) is 12.4 Å². The van der Waals surface area contributed by atoms with Crippen LogP contribution in [0.4, 0.5) is 10.5 Å². The molecule has 0 saturated heterocycles. The summed E-state index contributed by atoms with van der Waals surface area (Å²) < 4.78 is 13.2. The average molecular weight is 465 g/mol. The number of halogens is 1. The van der Waals surface area contributed by atoms with E-state index in [9.17, 15) is 9.59 Å². The Morgan fingerprint density at radius 3 is 2.64 bits per heavy atom. The first-order chi connectivity index (χ1) is 13.2. The zero-order valence-electron chi connectivity index (χ0n) is 16.0. The molecule has 148 valence electrons. The zero-order chi connectivity index (χ0) is 20.5. The lowest BCUT2D eigenvalue weighted by atomic mass is 10.2. The predicted octanol–water partition coefficient (Wildman–Crippen LogP) is 5.65. The van der Waals surface area contributed by atoms with Crippen LogP contribution in [0.15, 0.2) is 41.0 Å². The maximum atomic E-state index is 12.2. The van der Waals surface area contributed by atoms with Crippen LogP contribution < -0.4 is 5.32 Å². The molecule has 1 aromatic carbocycles. The summed E-state index contributed by atoms with van der Waals surface area (Å²) in [5.41, 5.74) is 0.828. The lowest BCUT2D eigenvalue weighted by Gasteiger charge is -2.19. The molecule has 3 rings (SSSR count). The summed E-state index contributed by atoms with van der Waals surface area (Å²) in [6.07, 6.45) is 1.38. The quantitative estimate of drug-likeness (QED) is 0.506. The van der Waals surface area contributed by atoms with Gasteiger partial charge in [0.1, 0.15) is 10.5 Å². The van der Waals surface area contributed by atoms with Gasteiger partial charge < -0.3 is 14.0 Å². The number of ether oxygens (including phenoxy) is 2. The summed E-state index contributed by atoms with van der Waals surface area (Å²) >= 11 is 4.78. The Hall–Kier alpha value is -2.32. The molecular formula is C20H21BrN2O4S. The summed E-state index contributed by atoms with van der Waals surface area (Å²) in [4.78, 5) is 25.5.